The summed E-state index contributed by atoms with van der Waals surface area (Å²) in [4.78, 5) is 13.3. The van der Waals surface area contributed by atoms with Crippen molar-refractivity contribution in [3.05, 3.63) is 53.8 Å². The number of aryl methyl sites for hydroxylation is 1. The van der Waals surface area contributed by atoms with Crippen LogP contribution >= 0.6 is 0 Å². The molecule has 1 aromatic heterocycles. The van der Waals surface area contributed by atoms with Crippen molar-refractivity contribution in [2.75, 3.05) is 12.4 Å². The fraction of sp³-hybridized carbons (Fsp3) is 0.176. The molecule has 0 radical (unpaired) electrons. The van der Waals surface area contributed by atoms with E-state index in [2.05, 4.69) is 20.7 Å². The van der Waals surface area contributed by atoms with E-state index in [1.165, 1.54) is 13.2 Å². The van der Waals surface area contributed by atoms with Gasteiger partial charge in [0, 0.05) is 0 Å². The van der Waals surface area contributed by atoms with Crippen LogP contribution in [0.1, 0.15) is 5.56 Å². The van der Waals surface area contributed by atoms with Gasteiger partial charge in [-0.05, 0) is 42.0 Å². The van der Waals surface area contributed by atoms with Crippen LogP contribution in [0.15, 0.2) is 42.5 Å². The molecule has 0 aliphatic rings. The molecule has 0 saturated heterocycles. The third-order valence-electron chi connectivity index (χ3n) is 3.48. The molecule has 3 rings (SSSR count). The van der Waals surface area contributed by atoms with Gasteiger partial charge in [0.15, 0.2) is 0 Å². The van der Waals surface area contributed by atoms with Gasteiger partial charge in [0.25, 0.3) is 0 Å². The number of anilines is 1. The summed E-state index contributed by atoms with van der Waals surface area (Å²) < 4.78 is 19.0. The second kappa shape index (κ2) is 7.08. The Morgan fingerprint density at radius 2 is 2.08 bits per heavy atom. The molecule has 0 aliphatic heterocycles. The van der Waals surface area contributed by atoms with Crippen molar-refractivity contribution < 1.29 is 13.9 Å². The highest BCUT2D eigenvalue weighted by molar-refractivity contribution is 5.92. The number of nitrogens with zero attached hydrogens (tertiary/aromatic N) is 4. The normalized spacial score (nSPS) is 10.5. The van der Waals surface area contributed by atoms with E-state index in [9.17, 15) is 9.18 Å². The Kier molecular flexibility index (Phi) is 4.69. The molecule has 0 bridgehead atoms. The maximum atomic E-state index is 13.7. The lowest BCUT2D eigenvalue weighted by Gasteiger charge is -2.10. The van der Waals surface area contributed by atoms with E-state index in [1.54, 1.807) is 30.3 Å². The number of ether oxygens (including phenoxy) is 1. The summed E-state index contributed by atoms with van der Waals surface area (Å²) in [5.74, 6) is -0.117. The first kappa shape index (κ1) is 16.6. The summed E-state index contributed by atoms with van der Waals surface area (Å²) in [6.45, 7) is 1.76. The highest BCUT2D eigenvalue weighted by Gasteiger charge is 2.13. The molecule has 7 nitrogen and oxygen atoms in total. The zero-order chi connectivity index (χ0) is 17.8. The van der Waals surface area contributed by atoms with Crippen LogP contribution < -0.4 is 10.1 Å². The third-order valence-corrected chi connectivity index (χ3v) is 3.48. The van der Waals surface area contributed by atoms with Crippen molar-refractivity contribution in [3.8, 4) is 17.1 Å². The quantitative estimate of drug-likeness (QED) is 0.771. The minimum Gasteiger partial charge on any atom is -0.495 e. The third kappa shape index (κ3) is 3.79. The van der Waals surface area contributed by atoms with E-state index in [0.717, 1.165) is 10.4 Å². The summed E-state index contributed by atoms with van der Waals surface area (Å²) in [7, 11) is 1.53. The van der Waals surface area contributed by atoms with E-state index < -0.39 is 5.82 Å². The summed E-state index contributed by atoms with van der Waals surface area (Å²) in [6, 6.07) is 11.6. The Morgan fingerprint density at radius 3 is 2.84 bits per heavy atom. The van der Waals surface area contributed by atoms with Gasteiger partial charge in [0.05, 0.1) is 18.4 Å². The van der Waals surface area contributed by atoms with E-state index in [-0.39, 0.29) is 23.8 Å². The first-order valence-electron chi connectivity index (χ1n) is 7.54. The molecular weight excluding hydrogens is 325 g/mol. The highest BCUT2D eigenvalue weighted by Crippen LogP contribution is 2.25. The largest absolute Gasteiger partial charge is 0.495 e. The first-order chi connectivity index (χ1) is 12.1. The molecule has 128 valence electrons. The van der Waals surface area contributed by atoms with Gasteiger partial charge in [0.1, 0.15) is 18.1 Å². The number of hydrogen-bond donors (Lipinski definition) is 1. The van der Waals surface area contributed by atoms with Gasteiger partial charge in [-0.25, -0.2) is 4.39 Å². The van der Waals surface area contributed by atoms with E-state index in [0.29, 0.717) is 11.4 Å². The average molecular weight is 341 g/mol. The van der Waals surface area contributed by atoms with Crippen molar-refractivity contribution in [1.29, 1.82) is 0 Å². The fourth-order valence-electron chi connectivity index (χ4n) is 2.30. The van der Waals surface area contributed by atoms with Crippen molar-refractivity contribution in [2.45, 2.75) is 13.5 Å². The van der Waals surface area contributed by atoms with Crippen molar-refractivity contribution in [2.24, 2.45) is 0 Å². The number of nitrogens with one attached hydrogen (secondary N) is 1. The van der Waals surface area contributed by atoms with Gasteiger partial charge in [-0.2, -0.15) is 4.80 Å². The zero-order valence-electron chi connectivity index (χ0n) is 13.7. The Hall–Kier alpha value is -3.29. The molecule has 3 aromatic rings. The topological polar surface area (TPSA) is 81.9 Å². The lowest BCUT2D eigenvalue weighted by Crippen LogP contribution is -2.20. The lowest BCUT2D eigenvalue weighted by molar-refractivity contribution is -0.117. The van der Waals surface area contributed by atoms with Gasteiger partial charge in [-0.15, -0.1) is 10.2 Å². The Bertz CT molecular complexity index is 910. The second-order valence-corrected chi connectivity index (χ2v) is 5.38. The first-order valence-corrected chi connectivity index (χ1v) is 7.54. The molecule has 0 saturated carbocycles. The maximum Gasteiger partial charge on any atom is 0.248 e. The van der Waals surface area contributed by atoms with Crippen LogP contribution in [0.4, 0.5) is 10.1 Å². The predicted octanol–water partition coefficient (Wildman–Crippen LogP) is 2.43. The van der Waals surface area contributed by atoms with E-state index in [1.807, 2.05) is 13.0 Å². The average Bonchev–Trinajstić information content (AvgIpc) is 3.03. The summed E-state index contributed by atoms with van der Waals surface area (Å²) in [6.07, 6.45) is 0. The van der Waals surface area contributed by atoms with Crippen molar-refractivity contribution in [1.82, 2.24) is 20.2 Å². The zero-order valence-corrected chi connectivity index (χ0v) is 13.7. The van der Waals surface area contributed by atoms with Crippen LogP contribution in [0.2, 0.25) is 0 Å². The van der Waals surface area contributed by atoms with Gasteiger partial charge in [0.2, 0.25) is 11.7 Å². The molecular formula is C17H16FN5O2. The van der Waals surface area contributed by atoms with Crippen LogP contribution in [-0.4, -0.2) is 33.2 Å². The van der Waals surface area contributed by atoms with E-state index >= 15 is 0 Å². The number of aromatic nitrogens is 4. The smallest absolute Gasteiger partial charge is 0.248 e. The second-order valence-electron chi connectivity index (χ2n) is 5.38. The number of carbonyl (C=O) groups excluding carboxylic acids is 1. The predicted molar refractivity (Wildman–Crippen MR) is 89.6 cm³/mol. The fourth-order valence-corrected chi connectivity index (χ4v) is 2.30. The van der Waals surface area contributed by atoms with Crippen LogP contribution in [0.25, 0.3) is 11.4 Å². The molecule has 0 atom stereocenters. The number of amides is 1. The number of benzene rings is 2. The summed E-state index contributed by atoms with van der Waals surface area (Å²) in [5.41, 5.74) is 1.77. The number of methoxy groups -OCH3 is 1. The molecule has 25 heavy (non-hydrogen) atoms. The molecule has 1 heterocycles. The Balaban J connectivity index is 1.72. The molecule has 2 aromatic carbocycles. The summed E-state index contributed by atoms with van der Waals surface area (Å²) in [5, 5.41) is 14.4. The molecule has 0 aliphatic carbocycles. The molecule has 8 heteroatoms. The monoisotopic (exact) mass is 341 g/mol. The number of halogens is 1. The van der Waals surface area contributed by atoms with Crippen LogP contribution in [-0.2, 0) is 11.3 Å². The van der Waals surface area contributed by atoms with Gasteiger partial charge in [-0.1, -0.05) is 18.2 Å². The maximum absolute atomic E-state index is 13.7. The van der Waals surface area contributed by atoms with E-state index in [4.69, 9.17) is 4.74 Å². The highest BCUT2D eigenvalue weighted by atomic mass is 19.1. The number of rotatable bonds is 5. The number of carbonyl (C=O) groups is 1. The van der Waals surface area contributed by atoms with Gasteiger partial charge < -0.3 is 10.1 Å². The van der Waals surface area contributed by atoms with Gasteiger partial charge in [-0.3, -0.25) is 4.79 Å². The standard InChI is InChI=1S/C17H16FN5O2/c1-11-7-8-15(25-2)14(9-11)19-16(24)10-23-21-17(20-22-23)12-5-3-4-6-13(12)18/h3-9H,10H2,1-2H3,(H,19,24). The molecule has 1 amide bonds. The SMILES string of the molecule is COc1ccc(C)cc1NC(=O)Cn1nnc(-c2ccccc2F)n1. The molecule has 1 N–H and O–H groups in total. The van der Waals surface area contributed by atoms with Crippen LogP contribution in [0.3, 0.4) is 0 Å². The minimum atomic E-state index is -0.448. The lowest BCUT2D eigenvalue weighted by atomic mass is 10.2. The minimum absolute atomic E-state index is 0.124. The Morgan fingerprint density at radius 1 is 1.28 bits per heavy atom. The van der Waals surface area contributed by atoms with Crippen molar-refractivity contribution in [3.63, 3.8) is 0 Å². The van der Waals surface area contributed by atoms with Crippen LogP contribution in [0, 0.1) is 12.7 Å². The Labute approximate surface area is 143 Å². The number of tetrazole rings is 1. The van der Waals surface area contributed by atoms with Crippen LogP contribution in [0.5, 0.6) is 5.75 Å². The van der Waals surface area contributed by atoms with Gasteiger partial charge >= 0.3 is 0 Å². The molecule has 0 spiro atoms. The van der Waals surface area contributed by atoms with Crippen molar-refractivity contribution >= 4 is 11.6 Å². The number of hydrogen-bond acceptors (Lipinski definition) is 5. The summed E-state index contributed by atoms with van der Waals surface area (Å²) >= 11 is 0. The molecule has 0 fully saturated rings. The molecule has 0 unspecified atom stereocenters.